The van der Waals surface area contributed by atoms with Gasteiger partial charge in [0, 0.05) is 5.56 Å². The number of aliphatic hydroxyl groups is 1. The summed E-state index contributed by atoms with van der Waals surface area (Å²) in [6.45, 7) is 3.29. The molecule has 0 fully saturated rings. The molecule has 4 nitrogen and oxygen atoms in total. The van der Waals surface area contributed by atoms with Crippen LogP contribution in [-0.4, -0.2) is 28.3 Å². The molecule has 0 radical (unpaired) electrons. The highest BCUT2D eigenvalue weighted by molar-refractivity contribution is 5.95. The van der Waals surface area contributed by atoms with Gasteiger partial charge in [0.05, 0.1) is 12.1 Å². The summed E-state index contributed by atoms with van der Waals surface area (Å²) in [6, 6.07) is 6.06. The first kappa shape index (κ1) is 11.5. The first-order chi connectivity index (χ1) is 6.94. The monoisotopic (exact) mass is 209 g/mol. The molecule has 0 aromatic heterocycles. The second-order valence-electron chi connectivity index (χ2n) is 4.05. The summed E-state index contributed by atoms with van der Waals surface area (Å²) in [6.07, 6.45) is 0. The Balaban J connectivity index is 2.78. The fourth-order valence-electron chi connectivity index (χ4n) is 1.07. The zero-order valence-corrected chi connectivity index (χ0v) is 8.82. The van der Waals surface area contributed by atoms with Gasteiger partial charge >= 0.3 is 0 Å². The number of aromatic hydroxyl groups is 1. The van der Waals surface area contributed by atoms with Crippen molar-refractivity contribution >= 4 is 5.91 Å². The van der Waals surface area contributed by atoms with Gasteiger partial charge in [-0.15, -0.1) is 0 Å². The molecule has 0 saturated heterocycles. The maximum atomic E-state index is 11.6. The summed E-state index contributed by atoms with van der Waals surface area (Å²) in [7, 11) is 0. The van der Waals surface area contributed by atoms with Gasteiger partial charge in [0.25, 0.3) is 5.91 Å². The molecule has 4 heteroatoms. The van der Waals surface area contributed by atoms with Crippen molar-refractivity contribution in [2.45, 2.75) is 19.4 Å². The molecule has 0 unspecified atom stereocenters. The van der Waals surface area contributed by atoms with E-state index < -0.39 is 5.54 Å². The Bertz CT molecular complexity index is 361. The van der Waals surface area contributed by atoms with Crippen molar-refractivity contribution < 1.29 is 15.0 Å². The van der Waals surface area contributed by atoms with Crippen LogP contribution in [0.2, 0.25) is 0 Å². The Kier molecular flexibility index (Phi) is 3.31. The van der Waals surface area contributed by atoms with Crippen molar-refractivity contribution in [1.29, 1.82) is 0 Å². The number of benzene rings is 1. The summed E-state index contributed by atoms with van der Waals surface area (Å²) in [5, 5.41) is 20.8. The molecule has 82 valence electrons. The van der Waals surface area contributed by atoms with Crippen LogP contribution >= 0.6 is 0 Å². The van der Waals surface area contributed by atoms with E-state index >= 15 is 0 Å². The van der Waals surface area contributed by atoms with E-state index in [1.165, 1.54) is 12.1 Å². The molecule has 0 bridgehead atoms. The van der Waals surface area contributed by atoms with E-state index in [1.54, 1.807) is 26.0 Å². The van der Waals surface area contributed by atoms with Crippen LogP contribution in [0, 0.1) is 0 Å². The number of phenolic OH excluding ortho intramolecular Hbond substituents is 1. The van der Waals surface area contributed by atoms with Gasteiger partial charge in [-0.05, 0) is 32.0 Å². The number of hydrogen-bond donors (Lipinski definition) is 3. The number of carbonyl (C=O) groups is 1. The van der Waals surface area contributed by atoms with Crippen LogP contribution in [-0.2, 0) is 0 Å². The molecule has 0 saturated carbocycles. The van der Waals surface area contributed by atoms with Crippen LogP contribution < -0.4 is 5.32 Å². The second-order valence-corrected chi connectivity index (χ2v) is 4.05. The normalized spacial score (nSPS) is 11.1. The van der Waals surface area contributed by atoms with Crippen molar-refractivity contribution in [3.63, 3.8) is 0 Å². The zero-order chi connectivity index (χ0) is 11.5. The lowest BCUT2D eigenvalue weighted by molar-refractivity contribution is 0.0869. The minimum absolute atomic E-state index is 0.0458. The van der Waals surface area contributed by atoms with Crippen molar-refractivity contribution in [3.8, 4) is 5.75 Å². The molecule has 0 aliphatic carbocycles. The average molecular weight is 209 g/mol. The minimum atomic E-state index is -0.664. The van der Waals surface area contributed by atoms with Gasteiger partial charge in [-0.1, -0.05) is 6.07 Å². The molecule has 0 spiro atoms. The lowest BCUT2D eigenvalue weighted by atomic mass is 10.1. The van der Waals surface area contributed by atoms with E-state index in [0.717, 1.165) is 0 Å². The number of aliphatic hydroxyl groups excluding tert-OH is 1. The highest BCUT2D eigenvalue weighted by Crippen LogP contribution is 2.12. The number of amides is 1. The molecular weight excluding hydrogens is 194 g/mol. The number of carbonyl (C=O) groups excluding carboxylic acids is 1. The summed E-state index contributed by atoms with van der Waals surface area (Å²) in [4.78, 5) is 11.6. The Hall–Kier alpha value is -1.55. The Morgan fingerprint density at radius 3 is 2.67 bits per heavy atom. The van der Waals surface area contributed by atoms with E-state index in [2.05, 4.69) is 5.32 Å². The van der Waals surface area contributed by atoms with Crippen molar-refractivity contribution in [1.82, 2.24) is 5.32 Å². The Labute approximate surface area is 88.6 Å². The van der Waals surface area contributed by atoms with E-state index in [9.17, 15) is 9.90 Å². The van der Waals surface area contributed by atoms with Crippen LogP contribution in [0.1, 0.15) is 24.2 Å². The lowest BCUT2D eigenvalue weighted by Gasteiger charge is -2.23. The molecular formula is C11H15NO3. The van der Waals surface area contributed by atoms with Gasteiger partial charge in [-0.25, -0.2) is 0 Å². The predicted molar refractivity (Wildman–Crippen MR) is 56.7 cm³/mol. The van der Waals surface area contributed by atoms with Gasteiger partial charge in [0.15, 0.2) is 0 Å². The smallest absolute Gasteiger partial charge is 0.251 e. The molecule has 0 aliphatic heterocycles. The largest absolute Gasteiger partial charge is 0.508 e. The predicted octanol–water partition coefficient (Wildman–Crippen LogP) is 0.893. The molecule has 1 aromatic carbocycles. The molecule has 1 rings (SSSR count). The van der Waals surface area contributed by atoms with Gasteiger partial charge in [-0.2, -0.15) is 0 Å². The summed E-state index contributed by atoms with van der Waals surface area (Å²) >= 11 is 0. The van der Waals surface area contributed by atoms with E-state index in [4.69, 9.17) is 5.11 Å². The van der Waals surface area contributed by atoms with E-state index in [0.29, 0.717) is 5.56 Å². The Morgan fingerprint density at radius 1 is 1.47 bits per heavy atom. The number of phenols is 1. The fourth-order valence-corrected chi connectivity index (χ4v) is 1.07. The SMILES string of the molecule is CC(C)(CO)NC(=O)c1cccc(O)c1. The third-order valence-corrected chi connectivity index (χ3v) is 1.96. The Morgan fingerprint density at radius 2 is 2.13 bits per heavy atom. The maximum Gasteiger partial charge on any atom is 0.251 e. The molecule has 1 amide bonds. The summed E-state index contributed by atoms with van der Waals surface area (Å²) < 4.78 is 0. The van der Waals surface area contributed by atoms with Gasteiger partial charge in [0.2, 0.25) is 0 Å². The van der Waals surface area contributed by atoms with Crippen LogP contribution in [0.4, 0.5) is 0 Å². The average Bonchev–Trinajstić information content (AvgIpc) is 2.17. The van der Waals surface area contributed by atoms with Crippen molar-refractivity contribution in [2.24, 2.45) is 0 Å². The zero-order valence-electron chi connectivity index (χ0n) is 8.82. The van der Waals surface area contributed by atoms with Gasteiger partial charge in [-0.3, -0.25) is 4.79 Å². The third-order valence-electron chi connectivity index (χ3n) is 1.96. The number of hydrogen-bond acceptors (Lipinski definition) is 3. The topological polar surface area (TPSA) is 69.6 Å². The highest BCUT2D eigenvalue weighted by atomic mass is 16.3. The van der Waals surface area contributed by atoms with Crippen LogP contribution in [0.25, 0.3) is 0 Å². The highest BCUT2D eigenvalue weighted by Gasteiger charge is 2.19. The van der Waals surface area contributed by atoms with Gasteiger partial charge < -0.3 is 15.5 Å². The molecule has 15 heavy (non-hydrogen) atoms. The minimum Gasteiger partial charge on any atom is -0.508 e. The standard InChI is InChI=1S/C11H15NO3/c1-11(2,7-13)12-10(15)8-4-3-5-9(14)6-8/h3-6,13-14H,7H2,1-2H3,(H,12,15). The van der Waals surface area contributed by atoms with Gasteiger partial charge in [0.1, 0.15) is 5.75 Å². The molecule has 3 N–H and O–H groups in total. The van der Waals surface area contributed by atoms with Crippen LogP contribution in [0.3, 0.4) is 0 Å². The van der Waals surface area contributed by atoms with E-state index in [-0.39, 0.29) is 18.3 Å². The van der Waals surface area contributed by atoms with Crippen LogP contribution in [0.15, 0.2) is 24.3 Å². The lowest BCUT2D eigenvalue weighted by Crippen LogP contribution is -2.46. The molecule has 1 aromatic rings. The summed E-state index contributed by atoms with van der Waals surface area (Å²) in [5.74, 6) is -0.269. The first-order valence-electron chi connectivity index (χ1n) is 4.67. The molecule has 0 heterocycles. The molecule has 0 aliphatic rings. The number of nitrogens with one attached hydrogen (secondary N) is 1. The van der Waals surface area contributed by atoms with Crippen molar-refractivity contribution in [3.05, 3.63) is 29.8 Å². The van der Waals surface area contributed by atoms with E-state index in [1.807, 2.05) is 0 Å². The number of rotatable bonds is 3. The maximum absolute atomic E-state index is 11.6. The van der Waals surface area contributed by atoms with Crippen molar-refractivity contribution in [2.75, 3.05) is 6.61 Å². The summed E-state index contributed by atoms with van der Waals surface area (Å²) in [5.41, 5.74) is -0.292. The second kappa shape index (κ2) is 4.31. The molecule has 0 atom stereocenters. The van der Waals surface area contributed by atoms with Crippen LogP contribution in [0.5, 0.6) is 5.75 Å². The third kappa shape index (κ3) is 3.25. The fraction of sp³-hybridized carbons (Fsp3) is 0.364. The quantitative estimate of drug-likeness (QED) is 0.692. The first-order valence-corrected chi connectivity index (χ1v) is 4.67.